The molecule has 3 rings (SSSR count). The fourth-order valence-electron chi connectivity index (χ4n) is 2.84. The van der Waals surface area contributed by atoms with Crippen LogP contribution in [-0.2, 0) is 10.0 Å². The number of carbonyl (C=O) groups is 1. The van der Waals surface area contributed by atoms with Gasteiger partial charge in [0.1, 0.15) is 5.75 Å². The van der Waals surface area contributed by atoms with Crippen LogP contribution in [0.2, 0.25) is 0 Å². The molecule has 6 nitrogen and oxygen atoms in total. The maximum Gasteiger partial charge on any atom is 0.255 e. The molecule has 3 aromatic carbocycles. The average Bonchev–Trinajstić information content (AvgIpc) is 2.80. The molecule has 0 saturated carbocycles. The van der Waals surface area contributed by atoms with Gasteiger partial charge in [-0.2, -0.15) is 0 Å². The Bertz CT molecular complexity index is 1160. The van der Waals surface area contributed by atoms with Crippen molar-refractivity contribution < 1.29 is 17.9 Å². The predicted molar refractivity (Wildman–Crippen MR) is 129 cm³/mol. The summed E-state index contributed by atoms with van der Waals surface area (Å²) in [6, 6.07) is 22.6. The van der Waals surface area contributed by atoms with Crippen LogP contribution in [0, 0.1) is 0 Å². The fraction of sp³-hybridized carbons (Fsp3) is 0.160. The first-order valence-electron chi connectivity index (χ1n) is 10.4. The number of carbonyl (C=O) groups excluding carboxylic acids is 1. The maximum atomic E-state index is 12.6. The van der Waals surface area contributed by atoms with Crippen LogP contribution < -0.4 is 14.8 Å². The molecule has 0 spiro atoms. The van der Waals surface area contributed by atoms with Gasteiger partial charge >= 0.3 is 0 Å². The van der Waals surface area contributed by atoms with Gasteiger partial charge in [0.05, 0.1) is 17.7 Å². The van der Waals surface area contributed by atoms with Gasteiger partial charge in [0.25, 0.3) is 15.9 Å². The zero-order chi connectivity index (χ0) is 22.8. The number of hydrogen-bond acceptors (Lipinski definition) is 4. The summed E-state index contributed by atoms with van der Waals surface area (Å²) < 4.78 is 32.8. The highest BCUT2D eigenvalue weighted by atomic mass is 32.2. The van der Waals surface area contributed by atoms with Crippen LogP contribution in [0.15, 0.2) is 84.3 Å². The van der Waals surface area contributed by atoms with Crippen LogP contribution in [0.3, 0.4) is 0 Å². The third kappa shape index (κ3) is 6.99. The minimum Gasteiger partial charge on any atom is -0.491 e. The van der Waals surface area contributed by atoms with Gasteiger partial charge in [-0.1, -0.05) is 55.8 Å². The lowest BCUT2D eigenvalue weighted by molar-refractivity contribution is 0.102. The number of hydrogen-bond donors (Lipinski definition) is 2. The number of amides is 1. The molecule has 0 heterocycles. The Balaban J connectivity index is 1.63. The van der Waals surface area contributed by atoms with E-state index in [4.69, 9.17) is 4.74 Å². The number of rotatable bonds is 10. The van der Waals surface area contributed by atoms with Crippen LogP contribution >= 0.6 is 0 Å². The van der Waals surface area contributed by atoms with Crippen molar-refractivity contribution in [1.29, 1.82) is 0 Å². The molecule has 0 aromatic heterocycles. The van der Waals surface area contributed by atoms with Crippen molar-refractivity contribution in [2.75, 3.05) is 16.6 Å². The van der Waals surface area contributed by atoms with E-state index in [1.165, 1.54) is 6.08 Å². The Morgan fingerprint density at radius 1 is 0.938 bits per heavy atom. The first kappa shape index (κ1) is 23.1. The smallest absolute Gasteiger partial charge is 0.255 e. The van der Waals surface area contributed by atoms with E-state index in [-0.39, 0.29) is 5.91 Å². The number of sulfonamides is 1. The predicted octanol–water partition coefficient (Wildman–Crippen LogP) is 5.53. The lowest BCUT2D eigenvalue weighted by Gasteiger charge is -2.12. The monoisotopic (exact) mass is 450 g/mol. The molecule has 3 aromatic rings. The highest BCUT2D eigenvalue weighted by molar-refractivity contribution is 7.95. The molecule has 0 atom stereocenters. The number of unbranched alkanes of at least 4 members (excludes halogenated alkanes) is 1. The summed E-state index contributed by atoms with van der Waals surface area (Å²) in [6.07, 6.45) is 3.47. The summed E-state index contributed by atoms with van der Waals surface area (Å²) in [5.41, 5.74) is 2.13. The summed E-state index contributed by atoms with van der Waals surface area (Å²) in [7, 11) is -3.68. The maximum absolute atomic E-state index is 12.6. The largest absolute Gasteiger partial charge is 0.491 e. The molecule has 32 heavy (non-hydrogen) atoms. The van der Waals surface area contributed by atoms with Gasteiger partial charge in [-0.25, -0.2) is 8.42 Å². The SMILES string of the molecule is CCCCOc1ccccc1NC(=O)c1ccc(NS(=O)(=O)/C=C/c2ccccc2)cc1. The van der Waals surface area contributed by atoms with Crippen LogP contribution in [0.4, 0.5) is 11.4 Å². The summed E-state index contributed by atoms with van der Waals surface area (Å²) in [4.78, 5) is 12.6. The van der Waals surface area contributed by atoms with Gasteiger partial charge in [-0.15, -0.1) is 0 Å². The highest BCUT2D eigenvalue weighted by Gasteiger charge is 2.11. The lowest BCUT2D eigenvalue weighted by Crippen LogP contribution is -2.13. The van der Waals surface area contributed by atoms with Gasteiger partial charge in [-0.3, -0.25) is 9.52 Å². The zero-order valence-electron chi connectivity index (χ0n) is 17.8. The molecule has 0 unspecified atom stereocenters. The second-order valence-electron chi connectivity index (χ2n) is 7.09. The van der Waals surface area contributed by atoms with Crippen LogP contribution in [-0.4, -0.2) is 20.9 Å². The van der Waals surface area contributed by atoms with Gasteiger partial charge in [0.2, 0.25) is 0 Å². The number of benzene rings is 3. The molecule has 0 radical (unpaired) electrons. The molecular formula is C25H26N2O4S. The normalized spacial score (nSPS) is 11.3. The second kappa shape index (κ2) is 11.2. The van der Waals surface area contributed by atoms with Crippen molar-refractivity contribution in [3.8, 4) is 5.75 Å². The molecule has 0 aliphatic heterocycles. The van der Waals surface area contributed by atoms with Crippen molar-refractivity contribution in [3.05, 3.63) is 95.4 Å². The highest BCUT2D eigenvalue weighted by Crippen LogP contribution is 2.25. The van der Waals surface area contributed by atoms with E-state index < -0.39 is 10.0 Å². The van der Waals surface area contributed by atoms with Gasteiger partial charge in [-0.05, 0) is 54.5 Å². The fourth-order valence-corrected chi connectivity index (χ4v) is 3.71. The molecule has 0 fully saturated rings. The van der Waals surface area contributed by atoms with Crippen LogP contribution in [0.5, 0.6) is 5.75 Å². The van der Waals surface area contributed by atoms with E-state index in [1.807, 2.05) is 48.5 Å². The van der Waals surface area contributed by atoms with Crippen molar-refractivity contribution in [3.63, 3.8) is 0 Å². The molecule has 0 aliphatic carbocycles. The Morgan fingerprint density at radius 3 is 2.34 bits per heavy atom. The third-order valence-corrected chi connectivity index (χ3v) is 5.55. The van der Waals surface area contributed by atoms with E-state index in [0.29, 0.717) is 29.3 Å². The molecular weight excluding hydrogens is 424 g/mol. The second-order valence-corrected chi connectivity index (χ2v) is 8.66. The number of anilines is 2. The van der Waals surface area contributed by atoms with Crippen LogP contribution in [0.1, 0.15) is 35.7 Å². The quantitative estimate of drug-likeness (QED) is 0.398. The molecule has 7 heteroatoms. The molecule has 1 amide bonds. The minimum atomic E-state index is -3.68. The summed E-state index contributed by atoms with van der Waals surface area (Å²) >= 11 is 0. The van der Waals surface area contributed by atoms with E-state index in [2.05, 4.69) is 17.0 Å². The average molecular weight is 451 g/mol. The minimum absolute atomic E-state index is 0.310. The van der Waals surface area contributed by atoms with Crippen molar-refractivity contribution in [1.82, 2.24) is 0 Å². The molecule has 0 aliphatic rings. The standard InChI is InChI=1S/C25H26N2O4S/c1-2-3-18-31-24-12-8-7-11-23(24)26-25(28)21-13-15-22(16-14-21)27-32(29,30)19-17-20-9-5-4-6-10-20/h4-17,19,27H,2-3,18H2,1H3,(H,26,28)/b19-17+. The van der Waals surface area contributed by atoms with E-state index >= 15 is 0 Å². The summed E-state index contributed by atoms with van der Waals surface area (Å²) in [6.45, 7) is 2.66. The van der Waals surface area contributed by atoms with Gasteiger partial charge in [0, 0.05) is 11.3 Å². The molecule has 2 N–H and O–H groups in total. The Morgan fingerprint density at radius 2 is 1.62 bits per heavy atom. The Labute approximate surface area is 189 Å². The van der Waals surface area contributed by atoms with E-state index in [1.54, 1.807) is 30.3 Å². The van der Waals surface area contributed by atoms with Crippen LogP contribution in [0.25, 0.3) is 6.08 Å². The number of ether oxygens (including phenoxy) is 1. The summed E-state index contributed by atoms with van der Waals surface area (Å²) in [5.74, 6) is 0.304. The van der Waals surface area contributed by atoms with E-state index in [0.717, 1.165) is 23.8 Å². The van der Waals surface area contributed by atoms with Gasteiger partial charge < -0.3 is 10.1 Å². The molecule has 166 valence electrons. The lowest BCUT2D eigenvalue weighted by atomic mass is 10.2. The van der Waals surface area contributed by atoms with E-state index in [9.17, 15) is 13.2 Å². The van der Waals surface area contributed by atoms with Gasteiger partial charge in [0.15, 0.2) is 0 Å². The first-order valence-corrected chi connectivity index (χ1v) is 11.9. The van der Waals surface area contributed by atoms with Crippen molar-refractivity contribution in [2.24, 2.45) is 0 Å². The summed E-state index contributed by atoms with van der Waals surface area (Å²) in [5, 5.41) is 3.96. The Kier molecular flexibility index (Phi) is 8.05. The molecule has 0 bridgehead atoms. The first-order chi connectivity index (χ1) is 15.5. The molecule has 0 saturated heterocycles. The number of nitrogens with one attached hydrogen (secondary N) is 2. The third-order valence-electron chi connectivity index (χ3n) is 4.54. The number of para-hydroxylation sites is 2. The topological polar surface area (TPSA) is 84.5 Å². The zero-order valence-corrected chi connectivity index (χ0v) is 18.6. The van der Waals surface area contributed by atoms with Crippen molar-refractivity contribution in [2.45, 2.75) is 19.8 Å². The Hall–Kier alpha value is -3.58. The van der Waals surface area contributed by atoms with Crippen molar-refractivity contribution >= 4 is 33.4 Å².